The van der Waals surface area contributed by atoms with Gasteiger partial charge in [0.25, 0.3) is 0 Å². The van der Waals surface area contributed by atoms with Gasteiger partial charge < -0.3 is 14.4 Å². The molecule has 3 nitrogen and oxygen atoms in total. The van der Waals surface area contributed by atoms with E-state index in [0.29, 0.717) is 18.7 Å². The van der Waals surface area contributed by atoms with E-state index in [-0.39, 0.29) is 0 Å². The fourth-order valence-electron chi connectivity index (χ4n) is 1.95. The Bertz CT molecular complexity index is 368. The number of nitrogens with zero attached hydrogens (tertiary/aromatic N) is 1. The van der Waals surface area contributed by atoms with E-state index >= 15 is 0 Å². The molecule has 4 heteroatoms. The largest absolute Gasteiger partial charge is 0.454 e. The maximum absolute atomic E-state index is 5.82. The van der Waals surface area contributed by atoms with Gasteiger partial charge in [-0.3, -0.25) is 0 Å². The molecule has 0 N–H and O–H groups in total. The van der Waals surface area contributed by atoms with Gasteiger partial charge >= 0.3 is 0 Å². The molecule has 0 aliphatic carbocycles. The molecule has 16 heavy (non-hydrogen) atoms. The van der Waals surface area contributed by atoms with E-state index in [1.807, 2.05) is 12.1 Å². The average Bonchev–Trinajstić information content (AvgIpc) is 2.72. The third-order valence-electron chi connectivity index (χ3n) is 2.79. The van der Waals surface area contributed by atoms with Gasteiger partial charge in [0.1, 0.15) is 0 Å². The Labute approximate surface area is 101 Å². The number of ether oxygens (including phenoxy) is 2. The van der Waals surface area contributed by atoms with Crippen LogP contribution in [-0.2, 0) is 0 Å². The van der Waals surface area contributed by atoms with Gasteiger partial charge in [0.05, 0.1) is 0 Å². The van der Waals surface area contributed by atoms with Crippen LogP contribution in [-0.4, -0.2) is 31.7 Å². The molecule has 88 valence electrons. The van der Waals surface area contributed by atoms with Gasteiger partial charge in [-0.25, -0.2) is 0 Å². The second-order valence-electron chi connectivity index (χ2n) is 4.07. The molecule has 0 bridgehead atoms. The lowest BCUT2D eigenvalue weighted by atomic mass is 10.0. The van der Waals surface area contributed by atoms with Crippen LogP contribution < -0.4 is 9.47 Å². The fraction of sp³-hybridized carbons (Fsp3) is 0.500. The van der Waals surface area contributed by atoms with E-state index in [1.165, 1.54) is 5.56 Å². The van der Waals surface area contributed by atoms with E-state index in [4.69, 9.17) is 21.1 Å². The van der Waals surface area contributed by atoms with E-state index in [9.17, 15) is 0 Å². The van der Waals surface area contributed by atoms with E-state index < -0.39 is 0 Å². The molecule has 1 heterocycles. The van der Waals surface area contributed by atoms with E-state index in [1.54, 1.807) is 0 Å². The number of alkyl halides is 1. The van der Waals surface area contributed by atoms with Gasteiger partial charge in [-0.05, 0) is 38.2 Å². The molecule has 1 aliphatic rings. The van der Waals surface area contributed by atoms with Crippen LogP contribution >= 0.6 is 11.6 Å². The zero-order chi connectivity index (χ0) is 11.5. The SMILES string of the molecule is CN(C)C(CCCl)c1ccc2c(c1)OCO2. The highest BCUT2D eigenvalue weighted by Crippen LogP contribution is 2.35. The summed E-state index contributed by atoms with van der Waals surface area (Å²) in [6.45, 7) is 0.320. The van der Waals surface area contributed by atoms with Crippen LogP contribution in [0.15, 0.2) is 18.2 Å². The topological polar surface area (TPSA) is 21.7 Å². The number of hydrogen-bond donors (Lipinski definition) is 0. The quantitative estimate of drug-likeness (QED) is 0.757. The highest BCUT2D eigenvalue weighted by atomic mass is 35.5. The summed E-state index contributed by atoms with van der Waals surface area (Å²) < 4.78 is 10.7. The van der Waals surface area contributed by atoms with Crippen molar-refractivity contribution in [3.63, 3.8) is 0 Å². The van der Waals surface area contributed by atoms with Crippen LogP contribution in [0.3, 0.4) is 0 Å². The van der Waals surface area contributed by atoms with Crippen LogP contribution in [0.1, 0.15) is 18.0 Å². The van der Waals surface area contributed by atoms with Crippen molar-refractivity contribution in [3.05, 3.63) is 23.8 Å². The smallest absolute Gasteiger partial charge is 0.231 e. The lowest BCUT2D eigenvalue weighted by Gasteiger charge is -2.24. The van der Waals surface area contributed by atoms with Crippen molar-refractivity contribution in [2.24, 2.45) is 0 Å². The van der Waals surface area contributed by atoms with Gasteiger partial charge in [-0.15, -0.1) is 11.6 Å². The summed E-state index contributed by atoms with van der Waals surface area (Å²) in [5.74, 6) is 2.31. The van der Waals surface area contributed by atoms with Gasteiger partial charge in [0.2, 0.25) is 6.79 Å². The zero-order valence-corrected chi connectivity index (χ0v) is 10.3. The maximum Gasteiger partial charge on any atom is 0.231 e. The first-order chi connectivity index (χ1) is 7.72. The molecule has 1 aliphatic heterocycles. The second-order valence-corrected chi connectivity index (χ2v) is 4.45. The first-order valence-electron chi connectivity index (χ1n) is 5.34. The van der Waals surface area contributed by atoms with Gasteiger partial charge in [0, 0.05) is 11.9 Å². The predicted molar refractivity (Wildman–Crippen MR) is 64.3 cm³/mol. The summed E-state index contributed by atoms with van der Waals surface area (Å²) >= 11 is 5.82. The Balaban J connectivity index is 2.24. The van der Waals surface area contributed by atoms with Crippen molar-refractivity contribution >= 4 is 11.6 Å². The molecule has 0 amide bonds. The Kier molecular flexibility index (Phi) is 3.56. The first kappa shape index (κ1) is 11.6. The Morgan fingerprint density at radius 1 is 1.31 bits per heavy atom. The molecule has 2 rings (SSSR count). The van der Waals surface area contributed by atoms with Crippen molar-refractivity contribution in [2.45, 2.75) is 12.5 Å². The number of hydrogen-bond acceptors (Lipinski definition) is 3. The first-order valence-corrected chi connectivity index (χ1v) is 5.87. The molecule has 1 unspecified atom stereocenters. The minimum absolute atomic E-state index is 0.320. The molecule has 0 saturated carbocycles. The molecule has 0 radical (unpaired) electrons. The molecule has 1 aromatic rings. The minimum Gasteiger partial charge on any atom is -0.454 e. The van der Waals surface area contributed by atoms with Crippen LogP contribution in [0.2, 0.25) is 0 Å². The number of fused-ring (bicyclic) bond motifs is 1. The van der Waals surface area contributed by atoms with Crippen molar-refractivity contribution in [2.75, 3.05) is 26.8 Å². The predicted octanol–water partition coefficient (Wildman–Crippen LogP) is 2.65. The maximum atomic E-state index is 5.82. The third-order valence-corrected chi connectivity index (χ3v) is 3.01. The summed E-state index contributed by atoms with van der Waals surface area (Å²) in [6, 6.07) is 6.40. The summed E-state index contributed by atoms with van der Waals surface area (Å²) in [5, 5.41) is 0. The molecular formula is C12H16ClNO2. The normalized spacial score (nSPS) is 15.5. The monoisotopic (exact) mass is 241 g/mol. The molecule has 1 atom stereocenters. The van der Waals surface area contributed by atoms with Crippen LogP contribution in [0, 0.1) is 0 Å². The molecule has 0 spiro atoms. The van der Waals surface area contributed by atoms with Gasteiger partial charge in [-0.2, -0.15) is 0 Å². The molecule has 0 fully saturated rings. The van der Waals surface area contributed by atoms with E-state index in [2.05, 4.69) is 25.1 Å². The number of rotatable bonds is 4. The van der Waals surface area contributed by atoms with Crippen molar-refractivity contribution in [1.29, 1.82) is 0 Å². The summed E-state index contributed by atoms with van der Waals surface area (Å²) in [5.41, 5.74) is 1.22. The summed E-state index contributed by atoms with van der Waals surface area (Å²) in [6.07, 6.45) is 0.925. The van der Waals surface area contributed by atoms with Crippen LogP contribution in [0.5, 0.6) is 11.5 Å². The highest BCUT2D eigenvalue weighted by Gasteiger charge is 2.18. The Morgan fingerprint density at radius 2 is 2.06 bits per heavy atom. The Morgan fingerprint density at radius 3 is 2.75 bits per heavy atom. The van der Waals surface area contributed by atoms with Gasteiger partial charge in [-0.1, -0.05) is 6.07 Å². The third kappa shape index (κ3) is 2.25. The van der Waals surface area contributed by atoms with Crippen LogP contribution in [0.4, 0.5) is 0 Å². The summed E-state index contributed by atoms with van der Waals surface area (Å²) in [4.78, 5) is 2.17. The molecule has 0 aromatic heterocycles. The zero-order valence-electron chi connectivity index (χ0n) is 9.57. The van der Waals surface area contributed by atoms with E-state index in [0.717, 1.165) is 17.9 Å². The lowest BCUT2D eigenvalue weighted by Crippen LogP contribution is -2.20. The molecule has 0 saturated heterocycles. The Hall–Kier alpha value is -0.930. The van der Waals surface area contributed by atoms with Crippen molar-refractivity contribution < 1.29 is 9.47 Å². The summed E-state index contributed by atoms with van der Waals surface area (Å²) in [7, 11) is 4.11. The molecular weight excluding hydrogens is 226 g/mol. The fourth-order valence-corrected chi connectivity index (χ4v) is 2.15. The number of halogens is 1. The average molecular weight is 242 g/mol. The molecule has 1 aromatic carbocycles. The van der Waals surface area contributed by atoms with Crippen molar-refractivity contribution in [3.8, 4) is 11.5 Å². The number of benzene rings is 1. The highest BCUT2D eigenvalue weighted by molar-refractivity contribution is 6.17. The van der Waals surface area contributed by atoms with Crippen molar-refractivity contribution in [1.82, 2.24) is 4.90 Å². The minimum atomic E-state index is 0.320. The lowest BCUT2D eigenvalue weighted by molar-refractivity contribution is 0.174. The standard InChI is InChI=1S/C12H16ClNO2/c1-14(2)10(5-6-13)9-3-4-11-12(7-9)16-8-15-11/h3-4,7,10H,5-6,8H2,1-2H3. The van der Waals surface area contributed by atoms with Crippen LogP contribution in [0.25, 0.3) is 0 Å². The second kappa shape index (κ2) is 4.93. The van der Waals surface area contributed by atoms with Gasteiger partial charge in [0.15, 0.2) is 11.5 Å².